The topological polar surface area (TPSA) is 36.9 Å². The normalized spacial score (nSPS) is 12.8. The van der Waals surface area contributed by atoms with Crippen LogP contribution in [0.3, 0.4) is 0 Å². The van der Waals surface area contributed by atoms with E-state index in [1.807, 2.05) is 0 Å². The van der Waals surface area contributed by atoms with Crippen LogP contribution in [0.1, 0.15) is 503 Å². The lowest BCUT2D eigenvalue weighted by Crippen LogP contribution is -2.48. The predicted octanol–water partition coefficient (Wildman–Crippen LogP) is 30.9. The van der Waals surface area contributed by atoms with Crippen LogP contribution in [-0.4, -0.2) is 115 Å². The number of likely N-dealkylation sites (N-methyl/N-ethyl adjacent to an activating group) is 2. The Kier molecular flexibility index (Phi) is 84.2. The van der Waals surface area contributed by atoms with Gasteiger partial charge in [-0.05, 0) is 51.4 Å². The van der Waals surface area contributed by atoms with Gasteiger partial charge in [0.2, 0.25) is 0 Å². The molecule has 0 fully saturated rings. The molecule has 0 N–H and O–H groups in total. The summed E-state index contributed by atoms with van der Waals surface area (Å²) in [6, 6.07) is 0. The Balaban J connectivity index is 4.37. The summed E-state index contributed by atoms with van der Waals surface area (Å²) in [7, 11) is 9.79. The first kappa shape index (κ1) is 99.8. The summed E-state index contributed by atoms with van der Waals surface area (Å²) in [5, 5.41) is 0. The van der Waals surface area contributed by atoms with E-state index in [-0.39, 0.29) is 12.2 Å². The molecular weight excluding hydrogens is 1220 g/mol. The van der Waals surface area contributed by atoms with E-state index in [4.69, 9.17) is 18.9 Å². The maximum absolute atomic E-state index is 6.67. The van der Waals surface area contributed by atoms with Crippen molar-refractivity contribution in [1.29, 1.82) is 0 Å². The van der Waals surface area contributed by atoms with Gasteiger partial charge in [0.25, 0.3) is 0 Å². The van der Waals surface area contributed by atoms with E-state index in [9.17, 15) is 0 Å². The summed E-state index contributed by atoms with van der Waals surface area (Å²) in [5.74, 6) is 0. The minimum Gasteiger partial charge on any atom is -0.379 e. The van der Waals surface area contributed by atoms with Crippen LogP contribution in [0.5, 0.6) is 0 Å². The number of hydrogen-bond acceptors (Lipinski definition) is 4. The molecule has 0 heterocycles. The monoisotopic (exact) mass is 1420 g/mol. The number of unbranched alkanes of at least 4 members (excludes halogenated alkanes) is 69. The van der Waals surface area contributed by atoms with Crippen molar-refractivity contribution in [3.8, 4) is 0 Å². The molecule has 0 aromatic heterocycles. The minimum absolute atomic E-state index is 0.214. The first-order valence-corrected chi connectivity index (χ1v) is 47.2. The van der Waals surface area contributed by atoms with Crippen molar-refractivity contribution < 1.29 is 27.9 Å². The van der Waals surface area contributed by atoms with Crippen LogP contribution >= 0.6 is 0 Å². The van der Waals surface area contributed by atoms with Gasteiger partial charge in [-0.25, -0.2) is 0 Å². The van der Waals surface area contributed by atoms with E-state index >= 15 is 0 Å². The van der Waals surface area contributed by atoms with Gasteiger partial charge in [-0.15, -0.1) is 0 Å². The third-order valence-electron chi connectivity index (χ3n) is 22.8. The van der Waals surface area contributed by atoms with Crippen LogP contribution in [0.15, 0.2) is 0 Å². The molecule has 0 aliphatic rings. The number of hydrogen-bond donors (Lipinski definition) is 0. The number of quaternary nitrogens is 2. The highest BCUT2D eigenvalue weighted by molar-refractivity contribution is 4.62. The lowest BCUT2D eigenvalue weighted by atomic mass is 10.0. The zero-order valence-electron chi connectivity index (χ0n) is 71.1. The number of ether oxygens (including phenoxy) is 4. The predicted molar refractivity (Wildman–Crippen MR) is 449 cm³/mol. The van der Waals surface area contributed by atoms with Gasteiger partial charge >= 0.3 is 0 Å². The second-order valence-electron chi connectivity index (χ2n) is 34.6. The van der Waals surface area contributed by atoms with Gasteiger partial charge < -0.3 is 27.9 Å². The quantitative estimate of drug-likeness (QED) is 0.0449. The second-order valence-corrected chi connectivity index (χ2v) is 34.6. The maximum atomic E-state index is 6.67. The Morgan fingerprint density at radius 3 is 0.480 bits per heavy atom. The summed E-state index contributed by atoms with van der Waals surface area (Å²) in [4.78, 5) is 0. The third kappa shape index (κ3) is 83.4. The smallest absolute Gasteiger partial charge is 0.130 e. The van der Waals surface area contributed by atoms with E-state index in [0.29, 0.717) is 0 Å². The highest BCUT2D eigenvalue weighted by atomic mass is 16.5. The van der Waals surface area contributed by atoms with Gasteiger partial charge in [0, 0.05) is 26.4 Å². The molecule has 100 heavy (non-hydrogen) atoms. The van der Waals surface area contributed by atoms with Crippen molar-refractivity contribution in [2.24, 2.45) is 0 Å². The lowest BCUT2D eigenvalue weighted by molar-refractivity contribution is -0.893. The van der Waals surface area contributed by atoms with Crippen molar-refractivity contribution >= 4 is 0 Å². The molecule has 602 valence electrons. The molecule has 0 aromatic carbocycles. The zero-order valence-corrected chi connectivity index (χ0v) is 71.1. The molecular formula is C94H194N2O4+2. The average molecular weight is 1420 g/mol. The highest BCUT2D eigenvalue weighted by Crippen LogP contribution is 2.21. The molecule has 0 spiro atoms. The van der Waals surface area contributed by atoms with Crippen LogP contribution in [0, 0.1) is 0 Å². The summed E-state index contributed by atoms with van der Waals surface area (Å²) in [5.41, 5.74) is 0. The van der Waals surface area contributed by atoms with Gasteiger partial charge in [0.15, 0.2) is 0 Å². The number of rotatable bonds is 91. The van der Waals surface area contributed by atoms with Gasteiger partial charge in [0.1, 0.15) is 25.3 Å². The standard InChI is InChI=1S/C94H194N2O4/c1-9-13-17-21-25-29-33-37-49-55-61-67-73-79-85-97-91-93(99-87-81-75-69-63-57-51-39-35-31-27-23-19-15-11-3)89-95(5,6)83-77-71-65-59-53-47-45-43-41-42-44-46-48-54-60-66-72-78-84-96(7,8)90-94(100-88-82-76-70-64-58-52-40-36-32-28-24-20-16-12-4)92-98-86-80-74-68-62-56-50-38-34-30-26-22-18-14-10-2/h93-94H,9-92H2,1-8H3/q+2. The average Bonchev–Trinajstić information content (AvgIpc) is 0.955. The van der Waals surface area contributed by atoms with Gasteiger partial charge in [0.05, 0.1) is 54.5 Å². The van der Waals surface area contributed by atoms with Crippen LogP contribution in [-0.2, 0) is 18.9 Å². The number of nitrogens with zero attached hydrogens (tertiary/aromatic N) is 2. The van der Waals surface area contributed by atoms with Crippen molar-refractivity contribution in [3.05, 3.63) is 0 Å². The molecule has 6 heteroatoms. The van der Waals surface area contributed by atoms with Crippen molar-refractivity contribution in [3.63, 3.8) is 0 Å². The van der Waals surface area contributed by atoms with Crippen LogP contribution < -0.4 is 0 Å². The van der Waals surface area contributed by atoms with E-state index in [2.05, 4.69) is 55.9 Å². The minimum atomic E-state index is 0.214. The molecule has 0 rings (SSSR count). The first-order chi connectivity index (χ1) is 49.2. The van der Waals surface area contributed by atoms with Gasteiger partial charge in [-0.3, -0.25) is 0 Å². The summed E-state index contributed by atoms with van der Waals surface area (Å²) in [6.45, 7) is 19.1. The Labute approximate surface area is 633 Å². The Hall–Kier alpha value is -0.240. The molecule has 0 aromatic rings. The molecule has 0 amide bonds. The zero-order chi connectivity index (χ0) is 72.4. The van der Waals surface area contributed by atoms with E-state index < -0.39 is 0 Å². The highest BCUT2D eigenvalue weighted by Gasteiger charge is 2.24. The molecule has 0 bridgehead atoms. The molecule has 2 unspecified atom stereocenters. The van der Waals surface area contributed by atoms with E-state index in [1.165, 1.54) is 488 Å². The fourth-order valence-corrected chi connectivity index (χ4v) is 15.8. The van der Waals surface area contributed by atoms with Gasteiger partial charge in [-0.2, -0.15) is 0 Å². The third-order valence-corrected chi connectivity index (χ3v) is 22.8. The Morgan fingerprint density at radius 2 is 0.310 bits per heavy atom. The van der Waals surface area contributed by atoms with E-state index in [1.54, 1.807) is 0 Å². The molecule has 0 saturated carbocycles. The largest absolute Gasteiger partial charge is 0.379 e. The molecule has 0 aliphatic carbocycles. The maximum Gasteiger partial charge on any atom is 0.130 e. The SMILES string of the molecule is CCCCCCCCCCCCCCCCOCC(C[N+](C)(C)CCCCCCCCCCCCCCCCCCCC[N+](C)(C)CC(COCCCCCCCCCCCCCCCC)OCCCCCCCCCCCCCCCC)OCCCCCCCCCCCCCCCC. The molecule has 6 nitrogen and oxygen atoms in total. The first-order valence-electron chi connectivity index (χ1n) is 47.2. The summed E-state index contributed by atoms with van der Waals surface area (Å²) < 4.78 is 28.2. The van der Waals surface area contributed by atoms with Crippen molar-refractivity contribution in [2.75, 3.05) is 94.0 Å². The lowest BCUT2D eigenvalue weighted by Gasteiger charge is -2.33. The fraction of sp³-hybridized carbons (Fsp3) is 1.00. The van der Waals surface area contributed by atoms with Crippen LogP contribution in [0.2, 0.25) is 0 Å². The second kappa shape index (κ2) is 84.4. The molecule has 0 aliphatic heterocycles. The summed E-state index contributed by atoms with van der Waals surface area (Å²) >= 11 is 0. The fourth-order valence-electron chi connectivity index (χ4n) is 15.8. The van der Waals surface area contributed by atoms with E-state index in [0.717, 1.165) is 61.7 Å². The summed E-state index contributed by atoms with van der Waals surface area (Å²) in [6.07, 6.45) is 105. The van der Waals surface area contributed by atoms with Gasteiger partial charge in [-0.1, -0.05) is 451 Å². The molecule has 0 saturated heterocycles. The van der Waals surface area contributed by atoms with Crippen molar-refractivity contribution in [1.82, 2.24) is 0 Å². The van der Waals surface area contributed by atoms with Crippen LogP contribution in [0.25, 0.3) is 0 Å². The van der Waals surface area contributed by atoms with Crippen LogP contribution in [0.4, 0.5) is 0 Å². The Bertz CT molecular complexity index is 1350. The Morgan fingerprint density at radius 1 is 0.170 bits per heavy atom. The van der Waals surface area contributed by atoms with Crippen molar-refractivity contribution in [2.45, 2.75) is 515 Å². The molecule has 2 atom stereocenters. The molecule has 0 radical (unpaired) electrons.